The Morgan fingerprint density at radius 2 is 2.00 bits per heavy atom. The summed E-state index contributed by atoms with van der Waals surface area (Å²) in [5, 5.41) is 2.75. The largest absolute Gasteiger partial charge is 0.468 e. The fraction of sp³-hybridized carbons (Fsp3) is 0.278. The molecule has 1 aromatic carbocycles. The zero-order chi connectivity index (χ0) is 19.1. The van der Waals surface area contributed by atoms with Gasteiger partial charge < -0.3 is 19.4 Å². The van der Waals surface area contributed by atoms with Crippen LogP contribution in [0.1, 0.15) is 30.0 Å². The van der Waals surface area contributed by atoms with Gasteiger partial charge in [-0.2, -0.15) is 0 Å². The van der Waals surface area contributed by atoms with Crippen LogP contribution in [0.25, 0.3) is 0 Å². The summed E-state index contributed by atoms with van der Waals surface area (Å²) in [4.78, 5) is 38.0. The number of esters is 1. The van der Waals surface area contributed by atoms with Gasteiger partial charge in [0.15, 0.2) is 10.4 Å². The lowest BCUT2D eigenvalue weighted by Gasteiger charge is -2.19. The van der Waals surface area contributed by atoms with E-state index in [2.05, 4.69) is 26.0 Å². The molecule has 0 spiro atoms. The number of fused-ring (bicyclic) bond motifs is 1. The minimum Gasteiger partial charge on any atom is -0.468 e. The molecule has 2 heterocycles. The first-order valence-corrected chi connectivity index (χ1v) is 8.63. The number of hydrogen-bond donors (Lipinski definition) is 1. The Morgan fingerprint density at radius 3 is 2.62 bits per heavy atom. The van der Waals surface area contributed by atoms with Gasteiger partial charge in [0.05, 0.1) is 12.5 Å². The average Bonchev–Trinajstić information content (AvgIpc) is 3.11. The minimum atomic E-state index is -0.822. The molecule has 0 unspecified atom stereocenters. The van der Waals surface area contributed by atoms with E-state index in [0.717, 1.165) is 5.56 Å². The molecule has 0 aliphatic carbocycles. The highest BCUT2D eigenvalue weighted by Crippen LogP contribution is 2.42. The van der Waals surface area contributed by atoms with Crippen molar-refractivity contribution in [3.8, 4) is 0 Å². The number of nitrogens with one attached hydrogen (secondary N) is 1. The van der Waals surface area contributed by atoms with Gasteiger partial charge in [0.1, 0.15) is 6.54 Å². The van der Waals surface area contributed by atoms with Crippen LogP contribution in [-0.2, 0) is 19.7 Å². The Bertz CT molecular complexity index is 903. The predicted molar refractivity (Wildman–Crippen MR) is 98.2 cm³/mol. The number of anilines is 2. The van der Waals surface area contributed by atoms with E-state index in [1.807, 2.05) is 0 Å². The normalized spacial score (nSPS) is 14.9. The molecule has 1 N–H and O–H groups in total. The number of methoxy groups -OCH3 is 1. The van der Waals surface area contributed by atoms with E-state index in [0.29, 0.717) is 16.0 Å². The number of nitrogens with zero attached hydrogens (tertiary/aromatic N) is 1. The van der Waals surface area contributed by atoms with Gasteiger partial charge >= 0.3 is 5.97 Å². The monoisotopic (exact) mass is 420 g/mol. The Hall–Kier alpha value is -2.61. The van der Waals surface area contributed by atoms with Crippen LogP contribution < -0.4 is 10.2 Å². The summed E-state index contributed by atoms with van der Waals surface area (Å²) >= 11 is 3.15. The smallest absolute Gasteiger partial charge is 0.325 e. The zero-order valence-corrected chi connectivity index (χ0v) is 16.0. The van der Waals surface area contributed by atoms with Crippen LogP contribution in [0, 0.1) is 0 Å². The maximum absolute atomic E-state index is 12.7. The first-order valence-electron chi connectivity index (χ1n) is 7.84. The molecule has 0 radical (unpaired) electrons. The molecular weight excluding hydrogens is 404 g/mol. The highest BCUT2D eigenvalue weighted by atomic mass is 79.9. The molecule has 3 rings (SSSR count). The van der Waals surface area contributed by atoms with Crippen molar-refractivity contribution in [1.82, 2.24) is 0 Å². The van der Waals surface area contributed by atoms with E-state index in [4.69, 9.17) is 4.42 Å². The summed E-state index contributed by atoms with van der Waals surface area (Å²) in [7, 11) is 1.28. The molecule has 0 atom stereocenters. The predicted octanol–water partition coefficient (Wildman–Crippen LogP) is 3.09. The number of rotatable bonds is 4. The van der Waals surface area contributed by atoms with Crippen LogP contribution in [0.3, 0.4) is 0 Å². The van der Waals surface area contributed by atoms with Crippen LogP contribution in [0.4, 0.5) is 11.4 Å². The zero-order valence-electron chi connectivity index (χ0n) is 14.5. The van der Waals surface area contributed by atoms with Crippen molar-refractivity contribution in [2.45, 2.75) is 19.3 Å². The maximum atomic E-state index is 12.7. The second-order valence-corrected chi connectivity index (χ2v) is 7.16. The molecule has 0 bridgehead atoms. The molecule has 1 aromatic heterocycles. The van der Waals surface area contributed by atoms with E-state index >= 15 is 0 Å². The summed E-state index contributed by atoms with van der Waals surface area (Å²) in [5.74, 6) is -0.927. The summed E-state index contributed by atoms with van der Waals surface area (Å²) in [6.07, 6.45) is 0. The van der Waals surface area contributed by atoms with E-state index in [1.165, 1.54) is 12.0 Å². The summed E-state index contributed by atoms with van der Waals surface area (Å²) in [5.41, 5.74) is 1.06. The molecular formula is C18H17BrN2O5. The first-order chi connectivity index (χ1) is 12.2. The Kier molecular flexibility index (Phi) is 4.62. The quantitative estimate of drug-likeness (QED) is 0.767. The number of ether oxygens (including phenoxy) is 1. The van der Waals surface area contributed by atoms with Gasteiger partial charge in [-0.05, 0) is 65.7 Å². The maximum Gasteiger partial charge on any atom is 0.325 e. The van der Waals surface area contributed by atoms with Gasteiger partial charge in [0, 0.05) is 11.4 Å². The summed E-state index contributed by atoms with van der Waals surface area (Å²) in [6, 6.07) is 8.30. The Morgan fingerprint density at radius 1 is 1.27 bits per heavy atom. The number of carbonyl (C=O) groups is 3. The number of benzene rings is 1. The van der Waals surface area contributed by atoms with Crippen molar-refractivity contribution in [2.75, 3.05) is 23.9 Å². The highest BCUT2D eigenvalue weighted by Gasteiger charge is 2.44. The van der Waals surface area contributed by atoms with Gasteiger partial charge in [-0.3, -0.25) is 14.4 Å². The van der Waals surface area contributed by atoms with Crippen molar-refractivity contribution < 1.29 is 23.5 Å². The average molecular weight is 421 g/mol. The molecule has 7 nitrogen and oxygen atoms in total. The van der Waals surface area contributed by atoms with Crippen LogP contribution in [0.5, 0.6) is 0 Å². The highest BCUT2D eigenvalue weighted by molar-refractivity contribution is 9.10. The molecule has 2 aromatic rings. The third-order valence-corrected chi connectivity index (χ3v) is 4.74. The number of halogens is 1. The molecule has 26 heavy (non-hydrogen) atoms. The number of carbonyl (C=O) groups excluding carboxylic acids is 3. The lowest BCUT2D eigenvalue weighted by Crippen LogP contribution is -2.39. The van der Waals surface area contributed by atoms with Crippen LogP contribution in [-0.4, -0.2) is 31.4 Å². The van der Waals surface area contributed by atoms with Gasteiger partial charge in [0.25, 0.3) is 5.91 Å². The molecule has 136 valence electrons. The fourth-order valence-electron chi connectivity index (χ4n) is 2.89. The first kappa shape index (κ1) is 18.2. The van der Waals surface area contributed by atoms with Gasteiger partial charge in [-0.1, -0.05) is 0 Å². The van der Waals surface area contributed by atoms with Gasteiger partial charge in [-0.25, -0.2) is 0 Å². The molecule has 2 amide bonds. The third kappa shape index (κ3) is 3.12. The molecule has 0 saturated heterocycles. The van der Waals surface area contributed by atoms with E-state index < -0.39 is 17.3 Å². The second kappa shape index (κ2) is 6.60. The van der Waals surface area contributed by atoms with E-state index in [1.54, 1.807) is 44.2 Å². The van der Waals surface area contributed by atoms with Crippen molar-refractivity contribution in [2.24, 2.45) is 0 Å². The number of amides is 2. The lowest BCUT2D eigenvalue weighted by atomic mass is 9.86. The third-order valence-electron chi connectivity index (χ3n) is 4.31. The number of furan rings is 1. The Labute approximate surface area is 158 Å². The number of hydrogen-bond acceptors (Lipinski definition) is 5. The van der Waals surface area contributed by atoms with Crippen LogP contribution >= 0.6 is 15.9 Å². The SMILES string of the molecule is COC(=O)CN1C(=O)C(C)(C)c2cc(NC(=O)c3ccc(Br)o3)ccc21. The van der Waals surface area contributed by atoms with Crippen molar-refractivity contribution in [3.05, 3.63) is 46.3 Å². The van der Waals surface area contributed by atoms with Crippen molar-refractivity contribution in [3.63, 3.8) is 0 Å². The molecule has 8 heteroatoms. The molecule has 0 saturated carbocycles. The molecule has 1 aliphatic heterocycles. The lowest BCUT2D eigenvalue weighted by molar-refractivity contribution is -0.140. The van der Waals surface area contributed by atoms with Gasteiger partial charge in [-0.15, -0.1) is 0 Å². The molecule has 1 aliphatic rings. The fourth-order valence-corrected chi connectivity index (χ4v) is 3.20. The van der Waals surface area contributed by atoms with Crippen molar-refractivity contribution >= 4 is 45.1 Å². The second-order valence-electron chi connectivity index (χ2n) is 6.38. The Balaban J connectivity index is 1.90. The summed E-state index contributed by atoms with van der Waals surface area (Å²) < 4.78 is 10.4. The van der Waals surface area contributed by atoms with E-state index in [-0.39, 0.29) is 18.2 Å². The summed E-state index contributed by atoms with van der Waals surface area (Å²) in [6.45, 7) is 3.40. The van der Waals surface area contributed by atoms with Crippen LogP contribution in [0.15, 0.2) is 39.4 Å². The van der Waals surface area contributed by atoms with E-state index in [9.17, 15) is 14.4 Å². The standard InChI is InChI=1S/C18H17BrN2O5/c1-18(2)11-8-10(20-16(23)13-6-7-14(19)26-13)4-5-12(11)21(17(18)24)9-15(22)25-3/h4-8H,9H2,1-3H3,(H,20,23). The molecule has 0 fully saturated rings. The van der Waals surface area contributed by atoms with Gasteiger partial charge in [0.2, 0.25) is 5.91 Å². The minimum absolute atomic E-state index is 0.155. The van der Waals surface area contributed by atoms with Crippen LogP contribution in [0.2, 0.25) is 0 Å². The van der Waals surface area contributed by atoms with Crippen molar-refractivity contribution in [1.29, 1.82) is 0 Å². The topological polar surface area (TPSA) is 88.9 Å².